The molecule has 0 aromatic carbocycles. The van der Waals surface area contributed by atoms with E-state index in [1.165, 1.54) is 20.2 Å². The van der Waals surface area contributed by atoms with Crippen LogP contribution in [0.15, 0.2) is 18.6 Å². The van der Waals surface area contributed by atoms with Crippen molar-refractivity contribution < 1.29 is 14.7 Å². The average Bonchev–Trinajstić information content (AvgIpc) is 2.27. The van der Waals surface area contributed by atoms with Crippen LogP contribution in [-0.4, -0.2) is 27.0 Å². The molecule has 0 bridgehead atoms. The highest BCUT2D eigenvalue weighted by Crippen LogP contribution is 2.19. The molecule has 6 nitrogen and oxygen atoms in total. The zero-order valence-corrected chi connectivity index (χ0v) is 9.80. The minimum atomic E-state index is -1.06. The molecule has 0 radical (unpaired) electrons. The van der Waals surface area contributed by atoms with Gasteiger partial charge < -0.3 is 10.4 Å². The summed E-state index contributed by atoms with van der Waals surface area (Å²) in [5, 5.41) is 11.5. The van der Waals surface area contributed by atoms with Crippen molar-refractivity contribution in [3.63, 3.8) is 0 Å². The topological polar surface area (TPSA) is 92.2 Å². The fourth-order valence-corrected chi connectivity index (χ4v) is 1.15. The van der Waals surface area contributed by atoms with E-state index in [9.17, 15) is 9.59 Å². The van der Waals surface area contributed by atoms with Crippen molar-refractivity contribution in [1.29, 1.82) is 0 Å². The van der Waals surface area contributed by atoms with Gasteiger partial charge in [-0.05, 0) is 19.9 Å². The molecule has 2 N–H and O–H groups in total. The Morgan fingerprint density at radius 2 is 2.18 bits per heavy atom. The standard InChI is InChI=1S/C11H15N3O3/c1-11(2,10(16)17)5-9(15)13-6-8-3-4-12-7-14-8/h3-4,7H,5-6H2,1-2H3,(H,13,15)(H,16,17). The van der Waals surface area contributed by atoms with E-state index in [0.29, 0.717) is 5.69 Å². The Hall–Kier alpha value is -1.98. The number of nitrogens with one attached hydrogen (secondary N) is 1. The van der Waals surface area contributed by atoms with E-state index in [4.69, 9.17) is 5.11 Å². The monoisotopic (exact) mass is 237 g/mol. The Balaban J connectivity index is 2.44. The Morgan fingerprint density at radius 3 is 2.71 bits per heavy atom. The van der Waals surface area contributed by atoms with E-state index >= 15 is 0 Å². The highest BCUT2D eigenvalue weighted by molar-refractivity contribution is 5.84. The third-order valence-corrected chi connectivity index (χ3v) is 2.29. The van der Waals surface area contributed by atoms with Crippen LogP contribution in [0.1, 0.15) is 26.0 Å². The lowest BCUT2D eigenvalue weighted by molar-refractivity contribution is -0.149. The minimum Gasteiger partial charge on any atom is -0.481 e. The van der Waals surface area contributed by atoms with E-state index in [0.717, 1.165) is 0 Å². The molecular weight excluding hydrogens is 222 g/mol. The van der Waals surface area contributed by atoms with Crippen LogP contribution in [0.25, 0.3) is 0 Å². The predicted octanol–water partition coefficient (Wildman–Crippen LogP) is 0.594. The number of carbonyl (C=O) groups is 2. The quantitative estimate of drug-likeness (QED) is 0.782. The first-order valence-corrected chi connectivity index (χ1v) is 5.17. The van der Waals surface area contributed by atoms with Gasteiger partial charge in [0.2, 0.25) is 5.91 Å². The molecule has 1 amide bonds. The number of rotatable bonds is 5. The highest BCUT2D eigenvalue weighted by Gasteiger charge is 2.29. The largest absolute Gasteiger partial charge is 0.481 e. The lowest BCUT2D eigenvalue weighted by Crippen LogP contribution is -2.33. The highest BCUT2D eigenvalue weighted by atomic mass is 16.4. The van der Waals surface area contributed by atoms with Gasteiger partial charge in [-0.2, -0.15) is 0 Å². The van der Waals surface area contributed by atoms with E-state index in [1.54, 1.807) is 12.3 Å². The second-order valence-corrected chi connectivity index (χ2v) is 4.34. The molecule has 0 saturated carbocycles. The van der Waals surface area contributed by atoms with Gasteiger partial charge >= 0.3 is 5.97 Å². The zero-order valence-electron chi connectivity index (χ0n) is 9.80. The average molecular weight is 237 g/mol. The van der Waals surface area contributed by atoms with Gasteiger partial charge in [0.15, 0.2) is 0 Å². The number of hydrogen-bond acceptors (Lipinski definition) is 4. The Bertz CT molecular complexity index is 404. The third kappa shape index (κ3) is 4.18. The molecule has 1 rings (SSSR count). The summed E-state index contributed by atoms with van der Waals surface area (Å²) in [7, 11) is 0. The molecule has 6 heteroatoms. The molecule has 0 spiro atoms. The normalized spacial score (nSPS) is 10.9. The summed E-state index contributed by atoms with van der Waals surface area (Å²) < 4.78 is 0. The maximum absolute atomic E-state index is 11.5. The second kappa shape index (κ2) is 5.38. The van der Waals surface area contributed by atoms with Crippen molar-refractivity contribution >= 4 is 11.9 Å². The Morgan fingerprint density at radius 1 is 1.47 bits per heavy atom. The van der Waals surface area contributed by atoms with Crippen molar-refractivity contribution in [2.24, 2.45) is 5.41 Å². The van der Waals surface area contributed by atoms with Gasteiger partial charge in [0.25, 0.3) is 0 Å². The first-order chi connectivity index (χ1) is 7.92. The molecule has 1 aromatic rings. The summed E-state index contributed by atoms with van der Waals surface area (Å²) >= 11 is 0. The maximum Gasteiger partial charge on any atom is 0.309 e. The number of hydrogen-bond donors (Lipinski definition) is 2. The van der Waals surface area contributed by atoms with Crippen molar-refractivity contribution in [1.82, 2.24) is 15.3 Å². The molecule has 0 aliphatic carbocycles. The molecule has 0 saturated heterocycles. The molecule has 0 atom stereocenters. The Kier molecular flexibility index (Phi) is 4.14. The van der Waals surface area contributed by atoms with E-state index in [2.05, 4.69) is 15.3 Å². The summed E-state index contributed by atoms with van der Waals surface area (Å²) in [6.45, 7) is 3.30. The number of carboxylic acid groups (broad SMARTS) is 1. The summed E-state index contributed by atoms with van der Waals surface area (Å²) in [5.74, 6) is -1.30. The van der Waals surface area contributed by atoms with Crippen LogP contribution in [0.4, 0.5) is 0 Å². The summed E-state index contributed by atoms with van der Waals surface area (Å²) in [4.78, 5) is 30.0. The van der Waals surface area contributed by atoms with Crippen molar-refractivity contribution in [2.45, 2.75) is 26.8 Å². The van der Waals surface area contributed by atoms with Crippen molar-refractivity contribution in [3.8, 4) is 0 Å². The van der Waals surface area contributed by atoms with Gasteiger partial charge in [-0.1, -0.05) is 0 Å². The molecule has 17 heavy (non-hydrogen) atoms. The third-order valence-electron chi connectivity index (χ3n) is 2.29. The molecule has 0 aliphatic rings. The second-order valence-electron chi connectivity index (χ2n) is 4.34. The molecule has 92 valence electrons. The molecule has 1 heterocycles. The van der Waals surface area contributed by atoms with Crippen LogP contribution in [0.2, 0.25) is 0 Å². The first kappa shape index (κ1) is 13.1. The number of nitrogens with zero attached hydrogens (tertiary/aromatic N) is 2. The van der Waals surface area contributed by atoms with Gasteiger partial charge in [0.05, 0.1) is 17.7 Å². The minimum absolute atomic E-state index is 0.0621. The maximum atomic E-state index is 11.5. The van der Waals surface area contributed by atoms with Crippen LogP contribution < -0.4 is 5.32 Å². The van der Waals surface area contributed by atoms with Crippen molar-refractivity contribution in [3.05, 3.63) is 24.3 Å². The fourth-order valence-electron chi connectivity index (χ4n) is 1.15. The SMILES string of the molecule is CC(C)(CC(=O)NCc1ccncn1)C(=O)O. The van der Waals surface area contributed by atoms with Crippen LogP contribution in [0.5, 0.6) is 0 Å². The molecule has 1 aromatic heterocycles. The van der Waals surface area contributed by atoms with Gasteiger partial charge in [-0.15, -0.1) is 0 Å². The summed E-state index contributed by atoms with van der Waals surface area (Å²) in [6.07, 6.45) is 2.91. The van der Waals surface area contributed by atoms with Crippen LogP contribution in [-0.2, 0) is 16.1 Å². The lowest BCUT2D eigenvalue weighted by atomic mass is 9.89. The lowest BCUT2D eigenvalue weighted by Gasteiger charge is -2.17. The van der Waals surface area contributed by atoms with Crippen molar-refractivity contribution in [2.75, 3.05) is 0 Å². The van der Waals surface area contributed by atoms with Crippen LogP contribution in [0.3, 0.4) is 0 Å². The fraction of sp³-hybridized carbons (Fsp3) is 0.455. The zero-order chi connectivity index (χ0) is 12.9. The van der Waals surface area contributed by atoms with E-state index < -0.39 is 11.4 Å². The summed E-state index contributed by atoms with van der Waals surface area (Å²) in [6, 6.07) is 1.68. The van der Waals surface area contributed by atoms with Gasteiger partial charge in [0.1, 0.15) is 6.33 Å². The molecule has 0 aliphatic heterocycles. The van der Waals surface area contributed by atoms with E-state index in [1.807, 2.05) is 0 Å². The van der Waals surface area contributed by atoms with E-state index in [-0.39, 0.29) is 18.9 Å². The predicted molar refractivity (Wildman–Crippen MR) is 59.9 cm³/mol. The number of aliphatic carboxylic acids is 1. The number of carboxylic acids is 1. The Labute approximate surface area is 99.1 Å². The smallest absolute Gasteiger partial charge is 0.309 e. The number of aromatic nitrogens is 2. The van der Waals surface area contributed by atoms with Crippen LogP contribution in [0, 0.1) is 5.41 Å². The first-order valence-electron chi connectivity index (χ1n) is 5.17. The molecular formula is C11H15N3O3. The molecule has 0 unspecified atom stereocenters. The summed E-state index contributed by atoms with van der Waals surface area (Å²) in [5.41, 5.74) is -0.378. The molecule has 0 fully saturated rings. The van der Waals surface area contributed by atoms with Gasteiger partial charge in [-0.3, -0.25) is 9.59 Å². The number of amides is 1. The van der Waals surface area contributed by atoms with Crippen LogP contribution >= 0.6 is 0 Å². The van der Waals surface area contributed by atoms with Gasteiger partial charge in [0, 0.05) is 12.6 Å². The van der Waals surface area contributed by atoms with Gasteiger partial charge in [-0.25, -0.2) is 9.97 Å². The number of carbonyl (C=O) groups excluding carboxylic acids is 1.